The molecule has 0 fully saturated rings. The summed E-state index contributed by atoms with van der Waals surface area (Å²) in [6.45, 7) is 0. The molecule has 1 N–H and O–H groups in total. The number of aromatic nitrogens is 5. The zero-order chi connectivity index (χ0) is 14.9. The Kier molecular flexibility index (Phi) is 3.64. The Bertz CT molecular complexity index is 721. The highest BCUT2D eigenvalue weighted by molar-refractivity contribution is 7.99. The molecule has 0 aliphatic carbocycles. The summed E-state index contributed by atoms with van der Waals surface area (Å²) < 4.78 is 37.1. The largest absolute Gasteiger partial charge is 0.435 e. The summed E-state index contributed by atoms with van der Waals surface area (Å²) in [5.41, 5.74) is -1.03. The predicted octanol–water partition coefficient (Wildman–Crippen LogP) is 3.49. The standard InChI is InChI=1S/C11H6F3N5S2/c12-11(13,14)7-3-4-8(17-16-7)21-10-15-9(18-19-10)6-2-1-5-20-6/h1-5H,(H,15,18,19). The van der Waals surface area contributed by atoms with Crippen LogP contribution in [0.5, 0.6) is 0 Å². The average Bonchev–Trinajstić information content (AvgIpc) is 3.08. The zero-order valence-electron chi connectivity index (χ0n) is 10.1. The van der Waals surface area contributed by atoms with Crippen LogP contribution in [-0.4, -0.2) is 25.4 Å². The molecule has 3 aromatic rings. The molecule has 0 aliphatic rings. The van der Waals surface area contributed by atoms with Crippen LogP contribution in [0.15, 0.2) is 39.8 Å². The lowest BCUT2D eigenvalue weighted by atomic mass is 10.4. The van der Waals surface area contributed by atoms with Gasteiger partial charge in [0.2, 0.25) is 5.16 Å². The number of thiophene rings is 1. The molecular formula is C11H6F3N5S2. The molecule has 0 amide bonds. The number of alkyl halides is 3. The second-order valence-electron chi connectivity index (χ2n) is 3.80. The molecule has 3 aromatic heterocycles. The van der Waals surface area contributed by atoms with Crippen molar-refractivity contribution in [2.45, 2.75) is 16.4 Å². The summed E-state index contributed by atoms with van der Waals surface area (Å²) in [6, 6.07) is 5.89. The minimum absolute atomic E-state index is 0.291. The van der Waals surface area contributed by atoms with Crippen molar-refractivity contribution in [2.75, 3.05) is 0 Å². The second-order valence-corrected chi connectivity index (χ2v) is 5.74. The summed E-state index contributed by atoms with van der Waals surface area (Å²) in [4.78, 5) is 5.16. The van der Waals surface area contributed by atoms with Gasteiger partial charge in [-0.05, 0) is 35.3 Å². The molecule has 0 saturated carbocycles. The molecule has 0 unspecified atom stereocenters. The van der Waals surface area contributed by atoms with Gasteiger partial charge in [0.15, 0.2) is 11.5 Å². The van der Waals surface area contributed by atoms with Crippen LogP contribution in [0, 0.1) is 0 Å². The topological polar surface area (TPSA) is 67.3 Å². The zero-order valence-corrected chi connectivity index (χ0v) is 11.8. The van der Waals surface area contributed by atoms with E-state index in [0.29, 0.717) is 16.0 Å². The summed E-state index contributed by atoms with van der Waals surface area (Å²) >= 11 is 2.54. The Hall–Kier alpha value is -1.94. The van der Waals surface area contributed by atoms with Crippen LogP contribution >= 0.6 is 23.1 Å². The quantitative estimate of drug-likeness (QED) is 0.796. The Balaban J connectivity index is 1.75. The summed E-state index contributed by atoms with van der Waals surface area (Å²) in [6.07, 6.45) is -4.49. The Morgan fingerprint density at radius 1 is 1.14 bits per heavy atom. The molecule has 21 heavy (non-hydrogen) atoms. The van der Waals surface area contributed by atoms with Gasteiger partial charge in [0.25, 0.3) is 0 Å². The predicted molar refractivity (Wildman–Crippen MR) is 70.9 cm³/mol. The van der Waals surface area contributed by atoms with Crippen molar-refractivity contribution in [3.05, 3.63) is 35.3 Å². The molecule has 3 rings (SSSR count). The van der Waals surface area contributed by atoms with Gasteiger partial charge >= 0.3 is 6.18 Å². The van der Waals surface area contributed by atoms with Gasteiger partial charge in [0.05, 0.1) is 4.88 Å². The van der Waals surface area contributed by atoms with Gasteiger partial charge in [0.1, 0.15) is 5.03 Å². The van der Waals surface area contributed by atoms with E-state index in [0.717, 1.165) is 22.7 Å². The van der Waals surface area contributed by atoms with Gasteiger partial charge in [-0.15, -0.1) is 26.6 Å². The summed E-state index contributed by atoms with van der Waals surface area (Å²) in [5.74, 6) is 0.604. The van der Waals surface area contributed by atoms with E-state index in [1.807, 2.05) is 17.5 Å². The van der Waals surface area contributed by atoms with E-state index in [1.165, 1.54) is 17.4 Å². The molecular weight excluding hydrogens is 323 g/mol. The van der Waals surface area contributed by atoms with Gasteiger partial charge in [-0.1, -0.05) is 6.07 Å². The number of aromatic amines is 1. The highest BCUT2D eigenvalue weighted by atomic mass is 32.2. The van der Waals surface area contributed by atoms with E-state index < -0.39 is 11.9 Å². The number of halogens is 3. The number of H-pyrrole nitrogens is 1. The lowest BCUT2D eigenvalue weighted by molar-refractivity contribution is -0.141. The molecule has 3 heterocycles. The van der Waals surface area contributed by atoms with E-state index in [2.05, 4.69) is 25.4 Å². The van der Waals surface area contributed by atoms with E-state index in [9.17, 15) is 13.2 Å². The molecule has 0 spiro atoms. The maximum Gasteiger partial charge on any atom is 0.435 e. The average molecular weight is 329 g/mol. The minimum atomic E-state index is -4.49. The SMILES string of the molecule is FC(F)(F)c1ccc(Sc2n[nH]c(-c3cccs3)n2)nn1. The van der Waals surface area contributed by atoms with Crippen molar-refractivity contribution in [1.29, 1.82) is 0 Å². The fraction of sp³-hybridized carbons (Fsp3) is 0.0909. The minimum Gasteiger partial charge on any atom is -0.257 e. The van der Waals surface area contributed by atoms with Gasteiger partial charge in [-0.3, -0.25) is 5.10 Å². The normalized spacial score (nSPS) is 11.8. The third-order valence-electron chi connectivity index (χ3n) is 2.35. The number of rotatable bonds is 3. The first kappa shape index (κ1) is 14.0. The van der Waals surface area contributed by atoms with Gasteiger partial charge in [-0.2, -0.15) is 13.2 Å². The van der Waals surface area contributed by atoms with Crippen LogP contribution in [0.4, 0.5) is 13.2 Å². The summed E-state index contributed by atoms with van der Waals surface area (Å²) in [5, 5.41) is 16.0. The molecule has 0 bridgehead atoms. The molecule has 0 atom stereocenters. The second kappa shape index (κ2) is 5.45. The Labute approximate surface area is 124 Å². The highest BCUT2D eigenvalue weighted by Crippen LogP contribution is 2.29. The van der Waals surface area contributed by atoms with Crippen LogP contribution in [0.2, 0.25) is 0 Å². The van der Waals surface area contributed by atoms with Crippen molar-refractivity contribution in [3.63, 3.8) is 0 Å². The molecule has 5 nitrogen and oxygen atoms in total. The van der Waals surface area contributed by atoms with Crippen molar-refractivity contribution >= 4 is 23.1 Å². The van der Waals surface area contributed by atoms with E-state index in [4.69, 9.17) is 0 Å². The molecule has 0 aliphatic heterocycles. The Morgan fingerprint density at radius 2 is 2.00 bits per heavy atom. The molecule has 0 aromatic carbocycles. The first-order chi connectivity index (χ1) is 10.0. The smallest absolute Gasteiger partial charge is 0.257 e. The molecule has 0 saturated heterocycles. The Morgan fingerprint density at radius 3 is 2.62 bits per heavy atom. The molecule has 10 heteroatoms. The lowest BCUT2D eigenvalue weighted by Crippen LogP contribution is -2.08. The maximum atomic E-state index is 12.4. The van der Waals surface area contributed by atoms with Crippen molar-refractivity contribution < 1.29 is 13.2 Å². The van der Waals surface area contributed by atoms with Gasteiger partial charge in [0, 0.05) is 0 Å². The van der Waals surface area contributed by atoms with Crippen molar-refractivity contribution in [1.82, 2.24) is 25.4 Å². The van der Waals surface area contributed by atoms with Crippen LogP contribution in [0.1, 0.15) is 5.69 Å². The van der Waals surface area contributed by atoms with Gasteiger partial charge < -0.3 is 0 Å². The first-order valence-corrected chi connectivity index (χ1v) is 7.27. The highest BCUT2D eigenvalue weighted by Gasteiger charge is 2.32. The van der Waals surface area contributed by atoms with Crippen LogP contribution in [-0.2, 0) is 6.18 Å². The number of hydrogen-bond acceptors (Lipinski definition) is 6. The van der Waals surface area contributed by atoms with Crippen LogP contribution < -0.4 is 0 Å². The number of nitrogens with one attached hydrogen (secondary N) is 1. The summed E-state index contributed by atoms with van der Waals surface area (Å²) in [7, 11) is 0. The van der Waals surface area contributed by atoms with Crippen molar-refractivity contribution in [2.24, 2.45) is 0 Å². The lowest BCUT2D eigenvalue weighted by Gasteiger charge is -2.03. The molecule has 108 valence electrons. The fourth-order valence-corrected chi connectivity index (χ4v) is 2.73. The van der Waals surface area contributed by atoms with Crippen LogP contribution in [0.3, 0.4) is 0 Å². The number of nitrogens with zero attached hydrogens (tertiary/aromatic N) is 4. The van der Waals surface area contributed by atoms with Crippen LogP contribution in [0.25, 0.3) is 10.7 Å². The first-order valence-electron chi connectivity index (χ1n) is 5.57. The molecule has 0 radical (unpaired) electrons. The van der Waals surface area contributed by atoms with Gasteiger partial charge in [-0.25, -0.2) is 4.98 Å². The van der Waals surface area contributed by atoms with Crippen molar-refractivity contribution in [3.8, 4) is 10.7 Å². The number of hydrogen-bond donors (Lipinski definition) is 1. The third-order valence-corrected chi connectivity index (χ3v) is 4.01. The fourth-order valence-electron chi connectivity index (χ4n) is 1.43. The van der Waals surface area contributed by atoms with E-state index in [-0.39, 0.29) is 0 Å². The third kappa shape index (κ3) is 3.22. The monoisotopic (exact) mass is 329 g/mol. The maximum absolute atomic E-state index is 12.4. The van der Waals surface area contributed by atoms with E-state index >= 15 is 0 Å². The van der Waals surface area contributed by atoms with E-state index in [1.54, 1.807) is 0 Å².